The van der Waals surface area contributed by atoms with Crippen molar-refractivity contribution in [3.63, 3.8) is 0 Å². The molecule has 11 heteroatoms. The van der Waals surface area contributed by atoms with Crippen LogP contribution in [-0.2, 0) is 19.5 Å². The maximum absolute atomic E-state index is 14.6. The van der Waals surface area contributed by atoms with Crippen LogP contribution in [0.2, 0.25) is 0 Å². The Hall–Kier alpha value is -2.89. The van der Waals surface area contributed by atoms with Crippen molar-refractivity contribution in [3.8, 4) is 16.9 Å². The Bertz CT molecular complexity index is 1260. The molecule has 1 aliphatic rings. The monoisotopic (exact) mass is 566 g/mol. The third-order valence-corrected chi connectivity index (χ3v) is 7.62. The molecule has 0 saturated heterocycles. The summed E-state index contributed by atoms with van der Waals surface area (Å²) in [5, 5.41) is 6.88. The van der Waals surface area contributed by atoms with E-state index in [2.05, 4.69) is 20.6 Å². The van der Waals surface area contributed by atoms with Crippen molar-refractivity contribution >= 4 is 22.6 Å². The van der Waals surface area contributed by atoms with Crippen molar-refractivity contribution in [1.29, 1.82) is 0 Å². The summed E-state index contributed by atoms with van der Waals surface area (Å²) >= 11 is 0.977. The first-order valence-electron chi connectivity index (χ1n) is 12.6. The van der Waals surface area contributed by atoms with Crippen molar-refractivity contribution in [1.82, 2.24) is 15.6 Å². The molecule has 2 atom stereocenters. The lowest BCUT2D eigenvalue weighted by Crippen LogP contribution is -2.48. The molecule has 2 N–H and O–H groups in total. The highest BCUT2D eigenvalue weighted by atomic mass is 32.1. The fraction of sp³-hybridized carbons (Fsp3) is 0.429. The fourth-order valence-corrected chi connectivity index (χ4v) is 5.86. The van der Waals surface area contributed by atoms with E-state index in [4.69, 9.17) is 4.74 Å². The lowest BCUT2D eigenvalue weighted by Gasteiger charge is -2.36. The third kappa shape index (κ3) is 8.55. The van der Waals surface area contributed by atoms with Crippen LogP contribution in [0.5, 0.6) is 5.75 Å². The number of thiophene rings is 1. The van der Waals surface area contributed by atoms with Gasteiger partial charge in [-0.15, -0.1) is 11.3 Å². The minimum Gasteiger partial charge on any atom is -0.495 e. The number of nitrogens with zero attached hydrogens (tertiary/aromatic N) is 2. The molecule has 1 aromatic carbocycles. The van der Waals surface area contributed by atoms with Gasteiger partial charge in [0.05, 0.1) is 19.7 Å². The predicted octanol–water partition coefficient (Wildman–Crippen LogP) is 7.08. The quantitative estimate of drug-likeness (QED) is 0.203. The normalized spacial score (nSPS) is 19.5. The molecule has 0 bridgehead atoms. The SMILES string of the molecule is C/C=N\c1sc(CC(F)(F)F)cc1CNC1CC(NCc2ccc(-c3cncc(OC)c3)cc2)CC(F)(F)C1. The van der Waals surface area contributed by atoms with E-state index in [1.54, 1.807) is 26.4 Å². The van der Waals surface area contributed by atoms with Gasteiger partial charge in [-0.3, -0.25) is 9.98 Å². The van der Waals surface area contributed by atoms with Crippen molar-refractivity contribution in [2.24, 2.45) is 4.99 Å². The van der Waals surface area contributed by atoms with Crippen LogP contribution in [-0.4, -0.2) is 42.5 Å². The summed E-state index contributed by atoms with van der Waals surface area (Å²) < 4.78 is 73.0. The number of hydrogen-bond donors (Lipinski definition) is 2. The number of pyridine rings is 1. The van der Waals surface area contributed by atoms with Crippen LogP contribution in [0.1, 0.15) is 42.2 Å². The molecule has 0 aliphatic heterocycles. The summed E-state index contributed by atoms with van der Waals surface area (Å²) in [7, 11) is 1.58. The van der Waals surface area contributed by atoms with Crippen LogP contribution < -0.4 is 15.4 Å². The van der Waals surface area contributed by atoms with E-state index in [0.29, 0.717) is 29.3 Å². The second kappa shape index (κ2) is 12.5. The molecule has 3 aromatic rings. The van der Waals surface area contributed by atoms with Gasteiger partial charge in [0, 0.05) is 66.4 Å². The van der Waals surface area contributed by atoms with Gasteiger partial charge in [0.15, 0.2) is 0 Å². The van der Waals surface area contributed by atoms with E-state index in [1.807, 2.05) is 30.3 Å². The summed E-state index contributed by atoms with van der Waals surface area (Å²) in [6, 6.07) is 10.3. The van der Waals surface area contributed by atoms with Gasteiger partial charge in [0.25, 0.3) is 5.92 Å². The number of benzene rings is 1. The van der Waals surface area contributed by atoms with Crippen molar-refractivity contribution in [3.05, 3.63) is 64.8 Å². The fourth-order valence-electron chi connectivity index (χ4n) is 4.76. The van der Waals surface area contributed by atoms with Crippen molar-refractivity contribution < 1.29 is 26.7 Å². The average molecular weight is 567 g/mol. The highest BCUT2D eigenvalue weighted by molar-refractivity contribution is 7.16. The van der Waals surface area contributed by atoms with Crippen LogP contribution in [0.4, 0.5) is 27.0 Å². The van der Waals surface area contributed by atoms with E-state index in [1.165, 1.54) is 12.3 Å². The van der Waals surface area contributed by atoms with Gasteiger partial charge >= 0.3 is 6.18 Å². The summed E-state index contributed by atoms with van der Waals surface area (Å²) in [5.74, 6) is -2.19. The molecule has 0 radical (unpaired) electrons. The van der Waals surface area contributed by atoms with Gasteiger partial charge in [0.1, 0.15) is 10.8 Å². The molecule has 1 saturated carbocycles. The summed E-state index contributed by atoms with van der Waals surface area (Å²) in [6.45, 7) is 2.29. The molecule has 4 rings (SSSR count). The maximum atomic E-state index is 14.6. The zero-order valence-corrected chi connectivity index (χ0v) is 22.5. The number of aromatic nitrogens is 1. The summed E-state index contributed by atoms with van der Waals surface area (Å²) in [6.07, 6.45) is -0.560. The highest BCUT2D eigenvalue weighted by Crippen LogP contribution is 2.37. The van der Waals surface area contributed by atoms with Gasteiger partial charge in [-0.1, -0.05) is 24.3 Å². The maximum Gasteiger partial charge on any atom is 0.393 e. The molecule has 39 heavy (non-hydrogen) atoms. The summed E-state index contributed by atoms with van der Waals surface area (Å²) in [5.41, 5.74) is 3.43. The number of nitrogens with one attached hydrogen (secondary N) is 2. The molecule has 2 unspecified atom stereocenters. The molecule has 210 valence electrons. The second-order valence-corrected chi connectivity index (χ2v) is 10.8. The lowest BCUT2D eigenvalue weighted by molar-refractivity contribution is -0.126. The number of rotatable bonds is 10. The van der Waals surface area contributed by atoms with E-state index in [0.717, 1.165) is 28.0 Å². The Morgan fingerprint density at radius 3 is 2.38 bits per heavy atom. The molecular weight excluding hydrogens is 535 g/mol. The van der Waals surface area contributed by atoms with Gasteiger partial charge < -0.3 is 15.4 Å². The number of alkyl halides is 5. The van der Waals surface area contributed by atoms with Gasteiger partial charge in [-0.2, -0.15) is 13.2 Å². The largest absolute Gasteiger partial charge is 0.495 e. The first kappa shape index (κ1) is 29.1. The first-order valence-corrected chi connectivity index (χ1v) is 13.4. The number of methoxy groups -OCH3 is 1. The van der Waals surface area contributed by atoms with Crippen LogP contribution in [0.25, 0.3) is 11.1 Å². The number of halogens is 5. The molecule has 0 spiro atoms. The smallest absolute Gasteiger partial charge is 0.393 e. The van der Waals surface area contributed by atoms with E-state index >= 15 is 0 Å². The minimum absolute atomic E-state index is 0.155. The Labute approximate surface area is 228 Å². The Kier molecular flexibility index (Phi) is 9.35. The Morgan fingerprint density at radius 2 is 1.74 bits per heavy atom. The highest BCUT2D eigenvalue weighted by Gasteiger charge is 2.41. The number of hydrogen-bond acceptors (Lipinski definition) is 6. The Balaban J connectivity index is 1.35. The Morgan fingerprint density at radius 1 is 1.05 bits per heavy atom. The predicted molar refractivity (Wildman–Crippen MR) is 144 cm³/mol. The van der Waals surface area contributed by atoms with Crippen molar-refractivity contribution in [2.45, 2.75) is 69.9 Å². The van der Waals surface area contributed by atoms with Crippen molar-refractivity contribution in [2.75, 3.05) is 7.11 Å². The molecule has 0 amide bonds. The second-order valence-electron chi connectivity index (χ2n) is 9.69. The number of aliphatic imine (C=N–C) groups is 1. The average Bonchev–Trinajstić information content (AvgIpc) is 3.25. The topological polar surface area (TPSA) is 58.5 Å². The van der Waals surface area contributed by atoms with Crippen LogP contribution in [0.3, 0.4) is 0 Å². The molecule has 2 aromatic heterocycles. The van der Waals surface area contributed by atoms with Crippen LogP contribution >= 0.6 is 11.3 Å². The van der Waals surface area contributed by atoms with E-state index in [-0.39, 0.29) is 24.3 Å². The zero-order chi connectivity index (χ0) is 28.0. The minimum atomic E-state index is -4.32. The number of ether oxygens (including phenoxy) is 1. The molecule has 1 fully saturated rings. The van der Waals surface area contributed by atoms with Crippen LogP contribution in [0, 0.1) is 0 Å². The van der Waals surface area contributed by atoms with Gasteiger partial charge in [-0.25, -0.2) is 8.78 Å². The van der Waals surface area contributed by atoms with E-state index < -0.39 is 30.6 Å². The van der Waals surface area contributed by atoms with Gasteiger partial charge in [-0.05, 0) is 36.6 Å². The zero-order valence-electron chi connectivity index (χ0n) is 21.7. The standard InChI is InChI=1S/C28H31F5N4OS/c1-3-35-26-21(9-25(39-26)13-28(31,32)33)16-37-23-10-22(11-27(29,30)12-23)36-14-18-4-6-19(7-5-18)20-8-24(38-2)17-34-15-20/h3-9,15,17,22-23,36-37H,10-14,16H2,1-2H3/b35-3-. The molecule has 1 aliphatic carbocycles. The van der Waals surface area contributed by atoms with Gasteiger partial charge in [0.2, 0.25) is 0 Å². The van der Waals surface area contributed by atoms with E-state index in [9.17, 15) is 22.0 Å². The van der Waals surface area contributed by atoms with Crippen LogP contribution in [0.15, 0.2) is 53.8 Å². The lowest BCUT2D eigenvalue weighted by atomic mass is 9.87. The molecule has 5 nitrogen and oxygen atoms in total. The molecule has 2 heterocycles. The summed E-state index contributed by atoms with van der Waals surface area (Å²) in [4.78, 5) is 8.50. The first-order chi connectivity index (χ1) is 18.5. The third-order valence-electron chi connectivity index (χ3n) is 6.53. The molecular formula is C28H31F5N4OS.